The Balaban J connectivity index is 2.46. The number of aromatic nitrogens is 1. The molecule has 0 radical (unpaired) electrons. The average Bonchev–Trinajstić information content (AvgIpc) is 2.84. The van der Waals surface area contributed by atoms with Crippen LogP contribution in [0.5, 0.6) is 0 Å². The fraction of sp³-hybridized carbons (Fsp3) is 0.500. The van der Waals surface area contributed by atoms with Crippen molar-refractivity contribution in [1.29, 1.82) is 0 Å². The van der Waals surface area contributed by atoms with Crippen LogP contribution < -0.4 is 4.72 Å². The molecular weight excluding hydrogens is 308 g/mol. The number of hydrogen-bond acceptors (Lipinski definition) is 7. The number of carbonyl (C=O) groups excluding carboxylic acids is 1. The molecule has 0 unspecified atom stereocenters. The van der Waals surface area contributed by atoms with E-state index in [1.807, 2.05) is 0 Å². The van der Waals surface area contributed by atoms with Crippen LogP contribution in [0.4, 0.5) is 0 Å². The van der Waals surface area contributed by atoms with Gasteiger partial charge >= 0.3 is 11.9 Å². The minimum absolute atomic E-state index is 0.108. The predicted octanol–water partition coefficient (Wildman–Crippen LogP) is 0.214. The van der Waals surface area contributed by atoms with Crippen LogP contribution in [0.25, 0.3) is 0 Å². The Kier molecular flexibility index (Phi) is 6.05. The minimum Gasteiger partial charge on any atom is -0.476 e. The molecular formula is C10H14N2O6S2. The van der Waals surface area contributed by atoms with E-state index in [1.54, 1.807) is 6.92 Å². The molecule has 1 aromatic heterocycles. The second-order valence-corrected chi connectivity index (χ2v) is 6.50. The zero-order valence-corrected chi connectivity index (χ0v) is 12.3. The summed E-state index contributed by atoms with van der Waals surface area (Å²) in [6.07, 6.45) is -0.235. The monoisotopic (exact) mass is 322 g/mol. The molecule has 10 heteroatoms. The van der Waals surface area contributed by atoms with E-state index in [2.05, 4.69) is 14.4 Å². The van der Waals surface area contributed by atoms with Crippen LogP contribution in [0, 0.1) is 0 Å². The third-order valence-corrected chi connectivity index (χ3v) is 4.27. The first-order chi connectivity index (χ1) is 9.34. The van der Waals surface area contributed by atoms with E-state index in [9.17, 15) is 18.0 Å². The lowest BCUT2D eigenvalue weighted by Gasteiger charge is -2.04. The standard InChI is InChI=1S/C10H14N2O6S2/c1-2-18-9(13)3-4-20(16,17)11-5-8-12-7(6-19-8)10(14)15/h6,11H,2-5H2,1H3,(H,14,15). The summed E-state index contributed by atoms with van der Waals surface area (Å²) >= 11 is 1.04. The molecule has 2 N–H and O–H groups in total. The zero-order valence-electron chi connectivity index (χ0n) is 10.7. The minimum atomic E-state index is -3.64. The molecule has 0 amide bonds. The highest BCUT2D eigenvalue weighted by Gasteiger charge is 2.15. The van der Waals surface area contributed by atoms with Crippen molar-refractivity contribution in [3.8, 4) is 0 Å². The summed E-state index contributed by atoms with van der Waals surface area (Å²) in [6.45, 7) is 1.72. The summed E-state index contributed by atoms with van der Waals surface area (Å²) in [4.78, 5) is 25.4. The van der Waals surface area contributed by atoms with Crippen molar-refractivity contribution in [2.45, 2.75) is 19.9 Å². The van der Waals surface area contributed by atoms with Crippen LogP contribution in [0.1, 0.15) is 28.8 Å². The van der Waals surface area contributed by atoms with Gasteiger partial charge in [-0.2, -0.15) is 0 Å². The molecule has 0 bridgehead atoms. The highest BCUT2D eigenvalue weighted by atomic mass is 32.2. The van der Waals surface area contributed by atoms with Crippen molar-refractivity contribution in [3.63, 3.8) is 0 Å². The Morgan fingerprint density at radius 1 is 1.50 bits per heavy atom. The molecule has 0 aliphatic heterocycles. The Morgan fingerprint density at radius 2 is 2.20 bits per heavy atom. The third-order valence-electron chi connectivity index (χ3n) is 2.09. The summed E-state index contributed by atoms with van der Waals surface area (Å²) in [5.74, 6) is -2.14. The van der Waals surface area contributed by atoms with E-state index in [-0.39, 0.29) is 31.0 Å². The topological polar surface area (TPSA) is 123 Å². The number of ether oxygens (including phenoxy) is 1. The smallest absolute Gasteiger partial charge is 0.355 e. The van der Waals surface area contributed by atoms with Crippen molar-refractivity contribution in [2.24, 2.45) is 0 Å². The van der Waals surface area contributed by atoms with E-state index in [0.29, 0.717) is 5.01 Å². The van der Waals surface area contributed by atoms with E-state index in [1.165, 1.54) is 5.38 Å². The van der Waals surface area contributed by atoms with Crippen LogP contribution in [-0.4, -0.2) is 42.8 Å². The summed E-state index contributed by atoms with van der Waals surface area (Å²) in [5.41, 5.74) is -0.129. The maximum atomic E-state index is 11.6. The molecule has 0 aliphatic rings. The number of aromatic carboxylic acids is 1. The Morgan fingerprint density at radius 3 is 2.75 bits per heavy atom. The zero-order chi connectivity index (χ0) is 15.2. The molecule has 0 spiro atoms. The number of thiazole rings is 1. The maximum Gasteiger partial charge on any atom is 0.355 e. The number of nitrogens with one attached hydrogen (secondary N) is 1. The summed E-state index contributed by atoms with van der Waals surface area (Å²) in [7, 11) is -3.64. The quantitative estimate of drug-likeness (QED) is 0.656. The molecule has 1 heterocycles. The van der Waals surface area contributed by atoms with Gasteiger partial charge < -0.3 is 9.84 Å². The molecule has 0 atom stereocenters. The van der Waals surface area contributed by atoms with Gasteiger partial charge in [0.05, 0.1) is 25.3 Å². The van der Waals surface area contributed by atoms with Crippen LogP contribution in [0.2, 0.25) is 0 Å². The third kappa shape index (κ3) is 5.63. The first kappa shape index (κ1) is 16.5. The Labute approximate surface area is 119 Å². The first-order valence-corrected chi connectivity index (χ1v) is 8.18. The van der Waals surface area contributed by atoms with Gasteiger partial charge in [0.1, 0.15) is 5.01 Å². The molecule has 0 saturated carbocycles. The normalized spacial score (nSPS) is 11.2. The maximum absolute atomic E-state index is 11.6. The van der Waals surface area contributed by atoms with Gasteiger partial charge in [-0.1, -0.05) is 0 Å². The lowest BCUT2D eigenvalue weighted by Crippen LogP contribution is -2.27. The van der Waals surface area contributed by atoms with Crippen molar-refractivity contribution in [2.75, 3.05) is 12.4 Å². The number of carbonyl (C=O) groups is 2. The number of carboxylic acids is 1. The highest BCUT2D eigenvalue weighted by Crippen LogP contribution is 2.09. The number of rotatable bonds is 8. The average molecular weight is 322 g/mol. The second kappa shape index (κ2) is 7.31. The van der Waals surface area contributed by atoms with Gasteiger partial charge in [0.15, 0.2) is 5.69 Å². The van der Waals surface area contributed by atoms with Gasteiger partial charge in [0.2, 0.25) is 10.0 Å². The molecule has 0 aromatic carbocycles. The van der Waals surface area contributed by atoms with Gasteiger partial charge in [-0.15, -0.1) is 11.3 Å². The van der Waals surface area contributed by atoms with Gasteiger partial charge in [-0.05, 0) is 6.92 Å². The highest BCUT2D eigenvalue weighted by molar-refractivity contribution is 7.89. The summed E-state index contributed by atoms with van der Waals surface area (Å²) in [5, 5.41) is 10.3. The number of sulfonamides is 1. The molecule has 1 aromatic rings. The number of nitrogens with zero attached hydrogens (tertiary/aromatic N) is 1. The van der Waals surface area contributed by atoms with Crippen molar-refractivity contribution in [1.82, 2.24) is 9.71 Å². The van der Waals surface area contributed by atoms with Crippen molar-refractivity contribution < 1.29 is 27.9 Å². The van der Waals surface area contributed by atoms with E-state index in [0.717, 1.165) is 11.3 Å². The van der Waals surface area contributed by atoms with Gasteiger partial charge in [0.25, 0.3) is 0 Å². The van der Waals surface area contributed by atoms with Crippen molar-refractivity contribution >= 4 is 33.3 Å². The summed E-state index contributed by atoms with van der Waals surface area (Å²) in [6, 6.07) is 0. The predicted molar refractivity (Wildman–Crippen MR) is 70.9 cm³/mol. The molecule has 20 heavy (non-hydrogen) atoms. The molecule has 0 aliphatic carbocycles. The van der Waals surface area contributed by atoms with E-state index in [4.69, 9.17) is 5.11 Å². The van der Waals surface area contributed by atoms with Crippen LogP contribution in [0.3, 0.4) is 0 Å². The lowest BCUT2D eigenvalue weighted by molar-refractivity contribution is -0.142. The van der Waals surface area contributed by atoms with Crippen LogP contribution in [-0.2, 0) is 26.1 Å². The first-order valence-electron chi connectivity index (χ1n) is 5.64. The van der Waals surface area contributed by atoms with Gasteiger partial charge in [0, 0.05) is 5.38 Å². The SMILES string of the molecule is CCOC(=O)CCS(=O)(=O)NCc1nc(C(=O)O)cs1. The van der Waals surface area contributed by atoms with Crippen molar-refractivity contribution in [3.05, 3.63) is 16.1 Å². The Hall–Kier alpha value is -1.52. The van der Waals surface area contributed by atoms with Gasteiger partial charge in [-0.25, -0.2) is 22.9 Å². The summed E-state index contributed by atoms with van der Waals surface area (Å²) < 4.78 is 30.1. The fourth-order valence-corrected chi connectivity index (χ4v) is 2.92. The molecule has 0 fully saturated rings. The van der Waals surface area contributed by atoms with E-state index >= 15 is 0 Å². The molecule has 8 nitrogen and oxygen atoms in total. The fourth-order valence-electron chi connectivity index (χ4n) is 1.19. The lowest BCUT2D eigenvalue weighted by atomic mass is 10.5. The number of hydrogen-bond donors (Lipinski definition) is 2. The largest absolute Gasteiger partial charge is 0.476 e. The van der Waals surface area contributed by atoms with Crippen LogP contribution in [0.15, 0.2) is 5.38 Å². The molecule has 112 valence electrons. The Bertz CT molecular complexity index is 580. The molecule has 1 rings (SSSR count). The molecule has 0 saturated heterocycles. The second-order valence-electron chi connectivity index (χ2n) is 3.63. The number of esters is 1. The van der Waals surface area contributed by atoms with Crippen LogP contribution >= 0.6 is 11.3 Å². The van der Waals surface area contributed by atoms with Gasteiger partial charge in [-0.3, -0.25) is 4.79 Å². The van der Waals surface area contributed by atoms with E-state index < -0.39 is 22.0 Å². The number of carboxylic acid groups (broad SMARTS) is 1.